The molecule has 0 bridgehead atoms. The molecule has 0 radical (unpaired) electrons. The van der Waals surface area contributed by atoms with Crippen LogP contribution >= 0.6 is 0 Å². The van der Waals surface area contributed by atoms with Crippen LogP contribution in [0.5, 0.6) is 0 Å². The van der Waals surface area contributed by atoms with Gasteiger partial charge in [0.15, 0.2) is 0 Å². The number of rotatable bonds is 4. The van der Waals surface area contributed by atoms with Crippen molar-refractivity contribution in [3.05, 3.63) is 35.1 Å². The average Bonchev–Trinajstić information content (AvgIpc) is 2.73. The Kier molecular flexibility index (Phi) is 4.62. The lowest BCUT2D eigenvalue weighted by molar-refractivity contribution is 0.327. The van der Waals surface area contributed by atoms with E-state index in [0.717, 1.165) is 23.0 Å². The average molecular weight is 263 g/mol. The summed E-state index contributed by atoms with van der Waals surface area (Å²) in [6.07, 6.45) is 3.84. The summed E-state index contributed by atoms with van der Waals surface area (Å²) in [4.78, 5) is 0. The number of hydrogen-bond donors (Lipinski definition) is 1. The monoisotopic (exact) mass is 263 g/mol. The van der Waals surface area contributed by atoms with Crippen molar-refractivity contribution in [3.63, 3.8) is 0 Å². The van der Waals surface area contributed by atoms with Crippen molar-refractivity contribution >= 4 is 0 Å². The summed E-state index contributed by atoms with van der Waals surface area (Å²) in [5.74, 6) is 1.47. The van der Waals surface area contributed by atoms with E-state index in [1.165, 1.54) is 19.3 Å². The normalized spacial score (nSPS) is 28.6. The van der Waals surface area contributed by atoms with Crippen LogP contribution in [0.3, 0.4) is 0 Å². The van der Waals surface area contributed by atoms with Crippen molar-refractivity contribution in [1.82, 2.24) is 5.32 Å². The highest BCUT2D eigenvalue weighted by Crippen LogP contribution is 2.35. The molecule has 1 saturated carbocycles. The quantitative estimate of drug-likeness (QED) is 0.836. The van der Waals surface area contributed by atoms with Crippen molar-refractivity contribution in [1.29, 1.82) is 0 Å². The maximum absolute atomic E-state index is 13.6. The van der Waals surface area contributed by atoms with Crippen LogP contribution in [0.2, 0.25) is 0 Å². The standard InChI is InChI=1S/C17H26FN/c1-5-14-8-9-17(12(14)3)19-13(4)15-7-6-11(2)16(18)10-15/h6-7,10,12-14,17,19H,5,8-9H2,1-4H3. The van der Waals surface area contributed by atoms with Crippen molar-refractivity contribution in [2.24, 2.45) is 11.8 Å². The van der Waals surface area contributed by atoms with E-state index in [0.29, 0.717) is 6.04 Å². The Morgan fingerprint density at radius 2 is 2.11 bits per heavy atom. The number of halogens is 1. The van der Waals surface area contributed by atoms with Gasteiger partial charge in [-0.15, -0.1) is 0 Å². The summed E-state index contributed by atoms with van der Waals surface area (Å²) in [5.41, 5.74) is 1.77. The van der Waals surface area contributed by atoms with E-state index in [1.807, 2.05) is 19.1 Å². The molecule has 1 aromatic carbocycles. The lowest BCUT2D eigenvalue weighted by atomic mass is 9.93. The van der Waals surface area contributed by atoms with E-state index in [-0.39, 0.29) is 11.9 Å². The molecule has 1 aliphatic carbocycles. The van der Waals surface area contributed by atoms with Crippen molar-refractivity contribution in [2.45, 2.75) is 59.0 Å². The molecule has 1 aliphatic rings. The second kappa shape index (κ2) is 6.04. The molecule has 0 aliphatic heterocycles. The molecular weight excluding hydrogens is 237 g/mol. The summed E-state index contributed by atoms with van der Waals surface area (Å²) in [5, 5.41) is 3.69. The van der Waals surface area contributed by atoms with Gasteiger partial charge in [-0.05, 0) is 55.7 Å². The molecule has 4 unspecified atom stereocenters. The Morgan fingerprint density at radius 1 is 1.37 bits per heavy atom. The minimum Gasteiger partial charge on any atom is -0.307 e. The smallest absolute Gasteiger partial charge is 0.126 e. The SMILES string of the molecule is CCC1CCC(NC(C)c2ccc(C)c(F)c2)C1C. The van der Waals surface area contributed by atoms with Crippen LogP contribution in [0.15, 0.2) is 18.2 Å². The van der Waals surface area contributed by atoms with Gasteiger partial charge in [-0.2, -0.15) is 0 Å². The second-order valence-electron chi connectivity index (χ2n) is 6.11. The summed E-state index contributed by atoms with van der Waals surface area (Å²) in [6.45, 7) is 8.57. The fourth-order valence-corrected chi connectivity index (χ4v) is 3.35. The highest BCUT2D eigenvalue weighted by molar-refractivity contribution is 5.25. The number of hydrogen-bond acceptors (Lipinski definition) is 1. The fourth-order valence-electron chi connectivity index (χ4n) is 3.35. The molecule has 0 saturated heterocycles. The van der Waals surface area contributed by atoms with Gasteiger partial charge >= 0.3 is 0 Å². The van der Waals surface area contributed by atoms with E-state index in [9.17, 15) is 4.39 Å². The van der Waals surface area contributed by atoms with Crippen LogP contribution in [0.25, 0.3) is 0 Å². The Balaban J connectivity index is 2.01. The first-order valence-corrected chi connectivity index (χ1v) is 7.55. The molecule has 0 heterocycles. The van der Waals surface area contributed by atoms with Crippen molar-refractivity contribution in [2.75, 3.05) is 0 Å². The van der Waals surface area contributed by atoms with Gasteiger partial charge in [0.25, 0.3) is 0 Å². The first-order valence-electron chi connectivity index (χ1n) is 7.55. The van der Waals surface area contributed by atoms with Crippen LogP contribution in [-0.2, 0) is 0 Å². The van der Waals surface area contributed by atoms with Gasteiger partial charge in [0.2, 0.25) is 0 Å². The maximum Gasteiger partial charge on any atom is 0.126 e. The first-order chi connectivity index (χ1) is 9.02. The third-order valence-corrected chi connectivity index (χ3v) is 4.91. The van der Waals surface area contributed by atoms with Crippen LogP contribution < -0.4 is 5.32 Å². The Morgan fingerprint density at radius 3 is 2.68 bits per heavy atom. The molecule has 1 N–H and O–H groups in total. The van der Waals surface area contributed by atoms with Gasteiger partial charge in [0.05, 0.1) is 0 Å². The van der Waals surface area contributed by atoms with Crippen LogP contribution in [0.1, 0.15) is 57.2 Å². The van der Waals surface area contributed by atoms with Gasteiger partial charge in [-0.1, -0.05) is 32.4 Å². The molecule has 0 aromatic heterocycles. The zero-order valence-corrected chi connectivity index (χ0v) is 12.5. The van der Waals surface area contributed by atoms with E-state index in [2.05, 4.69) is 26.1 Å². The Labute approximate surface area is 116 Å². The highest BCUT2D eigenvalue weighted by Gasteiger charge is 2.32. The summed E-state index contributed by atoms with van der Waals surface area (Å²) < 4.78 is 13.6. The molecule has 2 rings (SSSR count). The van der Waals surface area contributed by atoms with E-state index < -0.39 is 0 Å². The van der Waals surface area contributed by atoms with Gasteiger partial charge in [-0.25, -0.2) is 4.39 Å². The van der Waals surface area contributed by atoms with Crippen LogP contribution in [0.4, 0.5) is 4.39 Å². The largest absolute Gasteiger partial charge is 0.307 e. The van der Waals surface area contributed by atoms with Crippen molar-refractivity contribution in [3.8, 4) is 0 Å². The third kappa shape index (κ3) is 3.17. The lowest BCUT2D eigenvalue weighted by Gasteiger charge is -2.25. The van der Waals surface area contributed by atoms with Crippen molar-refractivity contribution < 1.29 is 4.39 Å². The molecule has 19 heavy (non-hydrogen) atoms. The summed E-state index contributed by atoms with van der Waals surface area (Å²) >= 11 is 0. The zero-order valence-electron chi connectivity index (χ0n) is 12.5. The van der Waals surface area contributed by atoms with Gasteiger partial charge in [-0.3, -0.25) is 0 Å². The topological polar surface area (TPSA) is 12.0 Å². The fraction of sp³-hybridized carbons (Fsp3) is 0.647. The molecule has 1 nitrogen and oxygen atoms in total. The molecule has 1 fully saturated rings. The maximum atomic E-state index is 13.6. The van der Waals surface area contributed by atoms with E-state index >= 15 is 0 Å². The molecule has 106 valence electrons. The first kappa shape index (κ1) is 14.5. The molecule has 4 atom stereocenters. The highest BCUT2D eigenvalue weighted by atomic mass is 19.1. The van der Waals surface area contributed by atoms with E-state index in [4.69, 9.17) is 0 Å². The number of aryl methyl sites for hydroxylation is 1. The third-order valence-electron chi connectivity index (χ3n) is 4.91. The van der Waals surface area contributed by atoms with Gasteiger partial charge in [0, 0.05) is 12.1 Å². The molecule has 1 aromatic rings. The minimum absolute atomic E-state index is 0.0999. The number of nitrogens with one attached hydrogen (secondary N) is 1. The van der Waals surface area contributed by atoms with Crippen LogP contribution in [-0.4, -0.2) is 6.04 Å². The predicted octanol–water partition coefficient (Wildman–Crippen LogP) is 4.61. The summed E-state index contributed by atoms with van der Waals surface area (Å²) in [6, 6.07) is 6.37. The molecular formula is C17H26FN. The zero-order chi connectivity index (χ0) is 14.0. The number of benzene rings is 1. The molecule has 0 spiro atoms. The molecule has 0 amide bonds. The van der Waals surface area contributed by atoms with Gasteiger partial charge in [0.1, 0.15) is 5.82 Å². The Bertz CT molecular complexity index is 429. The predicted molar refractivity (Wildman–Crippen MR) is 78.7 cm³/mol. The van der Waals surface area contributed by atoms with Gasteiger partial charge < -0.3 is 5.32 Å². The summed E-state index contributed by atoms with van der Waals surface area (Å²) in [7, 11) is 0. The van der Waals surface area contributed by atoms with Crippen LogP contribution in [0, 0.1) is 24.6 Å². The lowest BCUT2D eigenvalue weighted by Crippen LogP contribution is -2.34. The van der Waals surface area contributed by atoms with E-state index in [1.54, 1.807) is 6.07 Å². The Hall–Kier alpha value is -0.890. The minimum atomic E-state index is -0.0999. The molecule has 2 heteroatoms. The second-order valence-corrected chi connectivity index (χ2v) is 6.11.